The van der Waals surface area contributed by atoms with E-state index in [2.05, 4.69) is 30.5 Å². The Bertz CT molecular complexity index is 654. The molecule has 4 nitrogen and oxygen atoms in total. The molecule has 4 heteroatoms. The molecule has 1 amide bonds. The standard InChI is InChI=1S/C17H22N2O2/c1-11-5-6-15-13(10-21-17(15)12(11)2)8-16(20)19-14-4-3-7-18-9-14/h5-6,10,14,18H,3-4,7-9H2,1-2H3,(H,19,20)/t14-/m0/s1. The Hall–Kier alpha value is -1.81. The Morgan fingerprint density at radius 1 is 1.43 bits per heavy atom. The number of piperidine rings is 1. The largest absolute Gasteiger partial charge is 0.464 e. The summed E-state index contributed by atoms with van der Waals surface area (Å²) < 4.78 is 5.66. The van der Waals surface area contributed by atoms with Gasteiger partial charge >= 0.3 is 0 Å². The first-order valence-electron chi connectivity index (χ1n) is 7.61. The molecule has 1 aliphatic heterocycles. The van der Waals surface area contributed by atoms with E-state index in [4.69, 9.17) is 4.42 Å². The van der Waals surface area contributed by atoms with Gasteiger partial charge in [-0.1, -0.05) is 12.1 Å². The highest BCUT2D eigenvalue weighted by molar-refractivity contribution is 5.89. The highest BCUT2D eigenvalue weighted by Crippen LogP contribution is 2.26. The summed E-state index contributed by atoms with van der Waals surface area (Å²) in [6.07, 6.45) is 4.28. The summed E-state index contributed by atoms with van der Waals surface area (Å²) in [7, 11) is 0. The van der Waals surface area contributed by atoms with Gasteiger partial charge in [-0.3, -0.25) is 4.79 Å². The summed E-state index contributed by atoms with van der Waals surface area (Å²) in [5.41, 5.74) is 4.23. The fourth-order valence-corrected chi connectivity index (χ4v) is 2.95. The summed E-state index contributed by atoms with van der Waals surface area (Å²) in [4.78, 5) is 12.2. The van der Waals surface area contributed by atoms with E-state index in [1.54, 1.807) is 6.26 Å². The first kappa shape index (κ1) is 14.1. The fraction of sp³-hybridized carbons (Fsp3) is 0.471. The molecule has 112 valence electrons. The van der Waals surface area contributed by atoms with E-state index in [-0.39, 0.29) is 11.9 Å². The molecule has 0 saturated carbocycles. The molecular weight excluding hydrogens is 264 g/mol. The molecule has 1 aliphatic rings. The number of nitrogens with one attached hydrogen (secondary N) is 2. The topological polar surface area (TPSA) is 54.3 Å². The van der Waals surface area contributed by atoms with Gasteiger partial charge in [0.2, 0.25) is 5.91 Å². The van der Waals surface area contributed by atoms with Gasteiger partial charge in [-0.15, -0.1) is 0 Å². The molecular formula is C17H22N2O2. The van der Waals surface area contributed by atoms with E-state index in [1.165, 1.54) is 5.56 Å². The van der Waals surface area contributed by atoms with Gasteiger partial charge in [-0.25, -0.2) is 0 Å². The monoisotopic (exact) mass is 286 g/mol. The van der Waals surface area contributed by atoms with Crippen LogP contribution in [0.3, 0.4) is 0 Å². The van der Waals surface area contributed by atoms with Crippen molar-refractivity contribution in [1.82, 2.24) is 10.6 Å². The third-order valence-corrected chi connectivity index (χ3v) is 4.35. The van der Waals surface area contributed by atoms with Crippen LogP contribution in [0.4, 0.5) is 0 Å². The molecule has 21 heavy (non-hydrogen) atoms. The second-order valence-corrected chi connectivity index (χ2v) is 5.93. The molecule has 1 fully saturated rings. The first-order chi connectivity index (χ1) is 10.1. The van der Waals surface area contributed by atoms with Crippen molar-refractivity contribution >= 4 is 16.9 Å². The minimum Gasteiger partial charge on any atom is -0.464 e. The van der Waals surface area contributed by atoms with Crippen LogP contribution in [0, 0.1) is 13.8 Å². The van der Waals surface area contributed by atoms with Crippen LogP contribution in [0.2, 0.25) is 0 Å². The van der Waals surface area contributed by atoms with Gasteiger partial charge in [0.05, 0.1) is 12.7 Å². The maximum atomic E-state index is 12.2. The van der Waals surface area contributed by atoms with Crippen LogP contribution in [-0.4, -0.2) is 25.0 Å². The number of rotatable bonds is 3. The summed E-state index contributed by atoms with van der Waals surface area (Å²) in [5.74, 6) is 0.0737. The molecule has 0 unspecified atom stereocenters. The van der Waals surface area contributed by atoms with Crippen molar-refractivity contribution < 1.29 is 9.21 Å². The SMILES string of the molecule is Cc1ccc2c(CC(=O)N[C@H]3CCCNC3)coc2c1C. The molecule has 3 rings (SSSR count). The predicted octanol–water partition coefficient (Wildman–Crippen LogP) is 2.46. The minimum absolute atomic E-state index is 0.0737. The zero-order valence-corrected chi connectivity index (χ0v) is 12.7. The zero-order chi connectivity index (χ0) is 14.8. The van der Waals surface area contributed by atoms with Crippen LogP contribution < -0.4 is 10.6 Å². The Morgan fingerprint density at radius 3 is 3.05 bits per heavy atom. The lowest BCUT2D eigenvalue weighted by atomic mass is 10.0. The number of benzene rings is 1. The van der Waals surface area contributed by atoms with Gasteiger partial charge in [-0.05, 0) is 44.4 Å². The minimum atomic E-state index is 0.0737. The van der Waals surface area contributed by atoms with E-state index in [9.17, 15) is 4.79 Å². The van der Waals surface area contributed by atoms with Crippen molar-refractivity contribution in [1.29, 1.82) is 0 Å². The third kappa shape index (κ3) is 2.95. The van der Waals surface area contributed by atoms with E-state index < -0.39 is 0 Å². The third-order valence-electron chi connectivity index (χ3n) is 4.35. The fourth-order valence-electron chi connectivity index (χ4n) is 2.95. The number of hydrogen-bond acceptors (Lipinski definition) is 3. The molecule has 1 atom stereocenters. The number of aryl methyl sites for hydroxylation is 2. The van der Waals surface area contributed by atoms with Crippen molar-refractivity contribution in [3.8, 4) is 0 Å². The maximum absolute atomic E-state index is 12.2. The van der Waals surface area contributed by atoms with Crippen molar-refractivity contribution in [3.63, 3.8) is 0 Å². The molecule has 0 radical (unpaired) electrons. The smallest absolute Gasteiger partial charge is 0.224 e. The first-order valence-corrected chi connectivity index (χ1v) is 7.61. The van der Waals surface area contributed by atoms with Crippen molar-refractivity contribution in [2.45, 2.75) is 39.2 Å². The lowest BCUT2D eigenvalue weighted by Gasteiger charge is -2.23. The molecule has 2 aromatic rings. The van der Waals surface area contributed by atoms with E-state index in [1.807, 2.05) is 6.07 Å². The molecule has 2 N–H and O–H groups in total. The lowest BCUT2D eigenvalue weighted by molar-refractivity contribution is -0.121. The van der Waals surface area contributed by atoms with Crippen LogP contribution in [-0.2, 0) is 11.2 Å². The molecule has 1 saturated heterocycles. The number of carbonyl (C=O) groups is 1. The summed E-state index contributed by atoms with van der Waals surface area (Å²) in [6, 6.07) is 4.39. The number of fused-ring (bicyclic) bond motifs is 1. The Morgan fingerprint density at radius 2 is 2.29 bits per heavy atom. The van der Waals surface area contributed by atoms with Crippen LogP contribution in [0.25, 0.3) is 11.0 Å². The normalized spacial score (nSPS) is 18.9. The second-order valence-electron chi connectivity index (χ2n) is 5.93. The summed E-state index contributed by atoms with van der Waals surface area (Å²) in [6.45, 7) is 6.05. The average Bonchev–Trinajstić information content (AvgIpc) is 2.87. The van der Waals surface area contributed by atoms with Gasteiger partial charge in [-0.2, -0.15) is 0 Å². The number of hydrogen-bond donors (Lipinski definition) is 2. The van der Waals surface area contributed by atoms with Crippen LogP contribution in [0.5, 0.6) is 0 Å². The molecule has 0 spiro atoms. The Balaban J connectivity index is 1.72. The predicted molar refractivity (Wildman–Crippen MR) is 83.4 cm³/mol. The molecule has 1 aromatic heterocycles. The van der Waals surface area contributed by atoms with E-state index >= 15 is 0 Å². The highest BCUT2D eigenvalue weighted by atomic mass is 16.3. The Labute approximate surface area is 124 Å². The summed E-state index contributed by atoms with van der Waals surface area (Å²) in [5, 5.41) is 7.46. The van der Waals surface area contributed by atoms with Gasteiger partial charge in [0, 0.05) is 23.5 Å². The number of amides is 1. The van der Waals surface area contributed by atoms with E-state index in [0.717, 1.165) is 48.0 Å². The Kier molecular flexibility index (Phi) is 3.97. The van der Waals surface area contributed by atoms with Gasteiger partial charge < -0.3 is 15.1 Å². The molecule has 1 aromatic carbocycles. The van der Waals surface area contributed by atoms with Gasteiger partial charge in [0.25, 0.3) is 0 Å². The van der Waals surface area contributed by atoms with Gasteiger partial charge in [0.1, 0.15) is 5.58 Å². The average molecular weight is 286 g/mol. The lowest BCUT2D eigenvalue weighted by Crippen LogP contribution is -2.46. The molecule has 2 heterocycles. The van der Waals surface area contributed by atoms with Crippen LogP contribution in [0.15, 0.2) is 22.8 Å². The van der Waals surface area contributed by atoms with Crippen LogP contribution in [0.1, 0.15) is 29.5 Å². The van der Waals surface area contributed by atoms with Gasteiger partial charge in [0.15, 0.2) is 0 Å². The molecule has 0 aliphatic carbocycles. The van der Waals surface area contributed by atoms with Crippen molar-refractivity contribution in [3.05, 3.63) is 35.1 Å². The summed E-state index contributed by atoms with van der Waals surface area (Å²) >= 11 is 0. The second kappa shape index (κ2) is 5.90. The highest BCUT2D eigenvalue weighted by Gasteiger charge is 2.17. The number of furan rings is 1. The number of carbonyl (C=O) groups excluding carboxylic acids is 1. The van der Waals surface area contributed by atoms with Crippen molar-refractivity contribution in [2.24, 2.45) is 0 Å². The zero-order valence-electron chi connectivity index (χ0n) is 12.7. The molecule has 0 bridgehead atoms. The maximum Gasteiger partial charge on any atom is 0.224 e. The quantitative estimate of drug-likeness (QED) is 0.911. The van der Waals surface area contributed by atoms with E-state index in [0.29, 0.717) is 6.42 Å². The van der Waals surface area contributed by atoms with Crippen LogP contribution >= 0.6 is 0 Å². The van der Waals surface area contributed by atoms with Crippen molar-refractivity contribution in [2.75, 3.05) is 13.1 Å².